The van der Waals surface area contributed by atoms with Crippen LogP contribution in [-0.4, -0.2) is 50.3 Å². The molecule has 3 heterocycles. The third kappa shape index (κ3) is 7.56. The van der Waals surface area contributed by atoms with Crippen molar-refractivity contribution in [1.82, 2.24) is 24.9 Å². The Labute approximate surface area is 269 Å². The topological polar surface area (TPSA) is 75.9 Å². The fourth-order valence-electron chi connectivity index (χ4n) is 5.65. The first kappa shape index (κ1) is 30.4. The Kier molecular flexibility index (Phi) is 9.48. The van der Waals surface area contributed by atoms with Crippen molar-refractivity contribution >= 4 is 46.1 Å². The summed E-state index contributed by atoms with van der Waals surface area (Å²) in [5, 5.41) is 14.0. The molecular weight excluding hydrogens is 580 g/mol. The zero-order chi connectivity index (χ0) is 31.2. The summed E-state index contributed by atoms with van der Waals surface area (Å²) in [6.07, 6.45) is 9.80. The fraction of sp³-hybridized carbons (Fsp3) is 0.243. The van der Waals surface area contributed by atoms with Gasteiger partial charge in [-0.1, -0.05) is 79.2 Å². The van der Waals surface area contributed by atoms with Gasteiger partial charge in [0.2, 0.25) is 0 Å². The number of fused-ring (bicyclic) bond motifs is 1. The minimum absolute atomic E-state index is 0.103. The van der Waals surface area contributed by atoms with E-state index in [4.69, 9.17) is 11.6 Å². The number of rotatable bonds is 10. The van der Waals surface area contributed by atoms with Gasteiger partial charge in [-0.3, -0.25) is 19.4 Å². The molecule has 3 aromatic carbocycles. The number of pyridine rings is 1. The van der Waals surface area contributed by atoms with Crippen LogP contribution < -0.4 is 5.32 Å². The lowest BCUT2D eigenvalue weighted by atomic mass is 9.93. The van der Waals surface area contributed by atoms with Crippen molar-refractivity contribution in [3.63, 3.8) is 0 Å². The van der Waals surface area contributed by atoms with E-state index in [1.807, 2.05) is 47.3 Å². The molecule has 1 N–H and O–H groups in total. The molecule has 2 aromatic heterocycles. The van der Waals surface area contributed by atoms with Crippen LogP contribution in [0.1, 0.15) is 41.8 Å². The summed E-state index contributed by atoms with van der Waals surface area (Å²) in [6.45, 7) is 7.31. The van der Waals surface area contributed by atoms with Gasteiger partial charge in [0.25, 0.3) is 0 Å². The third-order valence-corrected chi connectivity index (χ3v) is 8.40. The zero-order valence-corrected chi connectivity index (χ0v) is 26.5. The van der Waals surface area contributed by atoms with Crippen molar-refractivity contribution in [1.29, 1.82) is 0 Å². The molecule has 5 aromatic rings. The molecule has 0 radical (unpaired) electrons. The molecule has 8 heteroatoms. The monoisotopic (exact) mass is 616 g/mol. The molecule has 228 valence electrons. The van der Waals surface area contributed by atoms with E-state index < -0.39 is 0 Å². The highest BCUT2D eigenvalue weighted by atomic mass is 35.5. The highest BCUT2D eigenvalue weighted by Crippen LogP contribution is 2.25. The summed E-state index contributed by atoms with van der Waals surface area (Å²) in [7, 11) is 0. The maximum absolute atomic E-state index is 13.7. The maximum Gasteiger partial charge on any atom is 0.187 e. The number of likely N-dealkylation sites (tertiary alicyclic amines) is 1. The predicted molar refractivity (Wildman–Crippen MR) is 183 cm³/mol. The number of carbonyl (C=O) groups excluding carboxylic acids is 1. The smallest absolute Gasteiger partial charge is 0.187 e. The summed E-state index contributed by atoms with van der Waals surface area (Å²) < 4.78 is 1.86. The number of Topliss-reactive ketones (excluding diaryl/α,β-unsaturated/α-hetero) is 1. The van der Waals surface area contributed by atoms with Gasteiger partial charge in [0, 0.05) is 65.8 Å². The van der Waals surface area contributed by atoms with Crippen molar-refractivity contribution in [2.45, 2.75) is 39.8 Å². The molecule has 0 atom stereocenters. The summed E-state index contributed by atoms with van der Waals surface area (Å²) >= 11 is 6.14. The van der Waals surface area contributed by atoms with Gasteiger partial charge >= 0.3 is 0 Å². The van der Waals surface area contributed by atoms with Crippen molar-refractivity contribution in [3.8, 4) is 0 Å². The zero-order valence-electron chi connectivity index (χ0n) is 25.7. The van der Waals surface area contributed by atoms with Crippen LogP contribution in [0, 0.1) is 0 Å². The van der Waals surface area contributed by atoms with Crippen LogP contribution in [0.5, 0.6) is 0 Å². The Morgan fingerprint density at radius 2 is 1.51 bits per heavy atom. The standard InChI is InChI=1S/C37H37ClN6O/c1-3-26-5-9-28(10-6-26)19-30-22-43(23-31(37(30)45)20-29-11-7-27(4-2)8-12-29)24-33-25-44(42-41-33)18-17-40-35-15-16-39-36-21-32(38)13-14-34(35)36/h5-16,19-21,25H,3-4,17-18,22-24H2,1-2H3,(H,39,40). The summed E-state index contributed by atoms with van der Waals surface area (Å²) in [5.41, 5.74) is 8.92. The first-order valence-corrected chi connectivity index (χ1v) is 15.9. The van der Waals surface area contributed by atoms with Gasteiger partial charge in [-0.2, -0.15) is 0 Å². The second-order valence-corrected chi connectivity index (χ2v) is 11.9. The Morgan fingerprint density at radius 1 is 0.867 bits per heavy atom. The van der Waals surface area contributed by atoms with Crippen molar-refractivity contribution in [3.05, 3.63) is 129 Å². The number of nitrogens with one attached hydrogen (secondary N) is 1. The molecular formula is C37H37ClN6O. The first-order valence-electron chi connectivity index (χ1n) is 15.5. The van der Waals surface area contributed by atoms with E-state index in [2.05, 4.69) is 87.9 Å². The van der Waals surface area contributed by atoms with E-state index in [1.54, 1.807) is 6.20 Å². The predicted octanol–water partition coefficient (Wildman–Crippen LogP) is 7.27. The van der Waals surface area contributed by atoms with E-state index >= 15 is 0 Å². The van der Waals surface area contributed by atoms with Crippen LogP contribution in [0.3, 0.4) is 0 Å². The highest BCUT2D eigenvalue weighted by Gasteiger charge is 2.27. The van der Waals surface area contributed by atoms with Gasteiger partial charge in [-0.15, -0.1) is 5.10 Å². The van der Waals surface area contributed by atoms with Gasteiger partial charge in [0.1, 0.15) is 0 Å². The van der Waals surface area contributed by atoms with E-state index in [0.717, 1.165) is 57.4 Å². The highest BCUT2D eigenvalue weighted by molar-refractivity contribution is 6.31. The van der Waals surface area contributed by atoms with Crippen molar-refractivity contribution in [2.24, 2.45) is 0 Å². The molecule has 0 aliphatic carbocycles. The average molecular weight is 617 g/mol. The molecule has 1 aliphatic heterocycles. The normalized spacial score (nSPS) is 15.8. The third-order valence-electron chi connectivity index (χ3n) is 8.16. The van der Waals surface area contributed by atoms with Crippen LogP contribution >= 0.6 is 11.6 Å². The lowest BCUT2D eigenvalue weighted by Crippen LogP contribution is -2.37. The number of benzene rings is 3. The van der Waals surface area contributed by atoms with Crippen molar-refractivity contribution in [2.75, 3.05) is 25.0 Å². The van der Waals surface area contributed by atoms with Crippen LogP contribution in [0.4, 0.5) is 5.69 Å². The second kappa shape index (κ2) is 14.0. The lowest BCUT2D eigenvalue weighted by molar-refractivity contribution is -0.113. The van der Waals surface area contributed by atoms with Crippen LogP contribution in [0.2, 0.25) is 5.02 Å². The molecule has 45 heavy (non-hydrogen) atoms. The average Bonchev–Trinajstić information content (AvgIpc) is 3.50. The molecule has 0 saturated carbocycles. The Balaban J connectivity index is 1.16. The second-order valence-electron chi connectivity index (χ2n) is 11.4. The van der Waals surface area contributed by atoms with Crippen molar-refractivity contribution < 1.29 is 4.79 Å². The number of carbonyl (C=O) groups is 1. The SMILES string of the molecule is CCc1ccc(C=C2CN(Cc3cn(CCNc4ccnc5cc(Cl)ccc45)nn3)CC(=Cc3ccc(CC)cc3)C2=O)cc1. The van der Waals surface area contributed by atoms with Gasteiger partial charge < -0.3 is 5.32 Å². The molecule has 1 fully saturated rings. The van der Waals surface area contributed by atoms with Crippen LogP contribution in [-0.2, 0) is 30.7 Å². The van der Waals surface area contributed by atoms with Gasteiger partial charge in [0.15, 0.2) is 5.78 Å². The number of piperidine rings is 1. The van der Waals surface area contributed by atoms with Gasteiger partial charge in [0.05, 0.1) is 17.8 Å². The van der Waals surface area contributed by atoms with E-state index in [9.17, 15) is 4.79 Å². The number of nitrogens with zero attached hydrogens (tertiary/aromatic N) is 5. The minimum Gasteiger partial charge on any atom is -0.383 e. The maximum atomic E-state index is 13.7. The number of hydrogen-bond donors (Lipinski definition) is 1. The van der Waals surface area contributed by atoms with Crippen LogP contribution in [0.25, 0.3) is 23.1 Å². The number of aryl methyl sites for hydroxylation is 2. The van der Waals surface area contributed by atoms with Crippen LogP contribution in [0.15, 0.2) is 96.3 Å². The molecule has 1 saturated heterocycles. The van der Waals surface area contributed by atoms with E-state index in [-0.39, 0.29) is 5.78 Å². The van der Waals surface area contributed by atoms with Gasteiger partial charge in [-0.25, -0.2) is 0 Å². The van der Waals surface area contributed by atoms with E-state index in [1.165, 1.54) is 11.1 Å². The fourth-order valence-corrected chi connectivity index (χ4v) is 5.82. The van der Waals surface area contributed by atoms with Gasteiger partial charge in [-0.05, 0) is 71.5 Å². The summed E-state index contributed by atoms with van der Waals surface area (Å²) in [5.74, 6) is 0.103. The Morgan fingerprint density at radius 3 is 2.13 bits per heavy atom. The molecule has 1 aliphatic rings. The minimum atomic E-state index is 0.103. The number of halogens is 1. The molecule has 0 unspecified atom stereocenters. The molecule has 0 bridgehead atoms. The number of aromatic nitrogens is 4. The lowest BCUT2D eigenvalue weighted by Gasteiger charge is -2.29. The van der Waals surface area contributed by atoms with E-state index in [0.29, 0.717) is 37.7 Å². The molecule has 7 nitrogen and oxygen atoms in total. The number of hydrogen-bond acceptors (Lipinski definition) is 6. The Hall–Kier alpha value is -4.59. The summed E-state index contributed by atoms with van der Waals surface area (Å²) in [4.78, 5) is 20.4. The largest absolute Gasteiger partial charge is 0.383 e. The Bertz CT molecular complexity index is 1790. The quantitative estimate of drug-likeness (QED) is 0.166. The number of anilines is 1. The first-order chi connectivity index (χ1) is 22.0. The number of ketones is 1. The molecule has 0 spiro atoms. The molecule has 0 amide bonds. The molecule has 6 rings (SSSR count). The summed E-state index contributed by atoms with van der Waals surface area (Å²) in [6, 6.07) is 24.6.